The molecule has 3 N–H and O–H groups in total. The summed E-state index contributed by atoms with van der Waals surface area (Å²) in [6.45, 7) is 0.222. The van der Waals surface area contributed by atoms with Gasteiger partial charge in [-0.15, -0.1) is 0 Å². The van der Waals surface area contributed by atoms with E-state index in [0.29, 0.717) is 0 Å². The van der Waals surface area contributed by atoms with Crippen LogP contribution in [0.3, 0.4) is 0 Å². The molecule has 0 radical (unpaired) electrons. The molecular formula is C16H19N3O3. The van der Waals surface area contributed by atoms with Gasteiger partial charge in [-0.2, -0.15) is 0 Å². The van der Waals surface area contributed by atoms with Crippen molar-refractivity contribution in [3.05, 3.63) is 85.3 Å². The number of nitrogens with one attached hydrogen (secondary N) is 1. The van der Waals surface area contributed by atoms with Crippen LogP contribution in [-0.2, 0) is 9.88 Å². The minimum atomic E-state index is -0.692. The second-order valence-corrected chi connectivity index (χ2v) is 3.90. The highest BCUT2D eigenvalue weighted by Gasteiger charge is 2.06. The number of nitrogens with two attached hydrogens (primary N) is 1. The zero-order valence-electron chi connectivity index (χ0n) is 12.0. The topological polar surface area (TPSA) is 76.8 Å². The van der Waals surface area contributed by atoms with E-state index < -0.39 is 6.03 Å². The smallest absolute Gasteiger partial charge is 0.331 e. The molecule has 1 aliphatic rings. The van der Waals surface area contributed by atoms with E-state index in [-0.39, 0.29) is 6.54 Å². The number of urea groups is 1. The number of primary amides is 1. The summed E-state index contributed by atoms with van der Waals surface area (Å²) in [5.74, 6) is 0. The molecule has 22 heavy (non-hydrogen) atoms. The van der Waals surface area contributed by atoms with Gasteiger partial charge in [-0.05, 0) is 6.08 Å². The molecule has 6 nitrogen and oxygen atoms in total. The zero-order chi connectivity index (χ0) is 15.9. The van der Waals surface area contributed by atoms with Gasteiger partial charge < -0.3 is 10.6 Å². The molecule has 0 spiro atoms. The number of amides is 2. The number of hydrogen-bond acceptors (Lipinski definition) is 4. The summed E-state index contributed by atoms with van der Waals surface area (Å²) in [6, 6.07) is -0.692. The van der Waals surface area contributed by atoms with E-state index in [4.69, 9.17) is 10.6 Å². The molecule has 0 aromatic carbocycles. The third-order valence-electron chi connectivity index (χ3n) is 2.24. The minimum absolute atomic E-state index is 0.222. The molecule has 0 saturated heterocycles. The summed E-state index contributed by atoms with van der Waals surface area (Å²) in [4.78, 5) is 20.5. The Labute approximate surface area is 129 Å². The van der Waals surface area contributed by atoms with Crippen LogP contribution in [0.5, 0.6) is 0 Å². The summed E-state index contributed by atoms with van der Waals surface area (Å²) in [6.07, 6.45) is 25.1. The fraction of sp³-hybridized carbons (Fsp3) is 0.0625. The maximum Gasteiger partial charge on any atom is 0.331 e. The van der Waals surface area contributed by atoms with Gasteiger partial charge in [0, 0.05) is 0 Å². The van der Waals surface area contributed by atoms with Gasteiger partial charge in [0.15, 0.2) is 0 Å². The van der Waals surface area contributed by atoms with E-state index in [9.17, 15) is 4.79 Å². The molecule has 0 saturated carbocycles. The predicted molar refractivity (Wildman–Crippen MR) is 85.6 cm³/mol. The van der Waals surface area contributed by atoms with Crippen molar-refractivity contribution >= 4 is 6.03 Å². The van der Waals surface area contributed by atoms with Crippen LogP contribution in [0.25, 0.3) is 0 Å². The standard InChI is InChI=1S/C16H19N3O3/c17-16(20)19-14-12-10-8-6-4-2-1-3-5-7-9-11-13-15-21-22-18-19/h1-13,15,18H,14H2,(H2,17,20). The SMILES string of the molecule is NC(=O)N1CC=CC=CC=CC=CC=CC=CC=COON1. The molecule has 0 atom stereocenters. The number of rotatable bonds is 0. The van der Waals surface area contributed by atoms with Gasteiger partial charge in [0.05, 0.1) is 6.54 Å². The Balaban J connectivity index is 2.66. The second kappa shape index (κ2) is 12.0. The summed E-state index contributed by atoms with van der Waals surface area (Å²) >= 11 is 0. The third-order valence-corrected chi connectivity index (χ3v) is 2.24. The van der Waals surface area contributed by atoms with Gasteiger partial charge in [-0.1, -0.05) is 83.5 Å². The number of hydrazine groups is 1. The summed E-state index contributed by atoms with van der Waals surface area (Å²) in [5, 5.41) is 1.05. The first-order valence-electron chi connectivity index (χ1n) is 6.60. The van der Waals surface area contributed by atoms with Crippen LogP contribution in [0.4, 0.5) is 4.79 Å². The fourth-order valence-electron chi connectivity index (χ4n) is 1.23. The van der Waals surface area contributed by atoms with Crippen molar-refractivity contribution in [1.82, 2.24) is 10.6 Å². The van der Waals surface area contributed by atoms with Crippen molar-refractivity contribution in [2.24, 2.45) is 5.73 Å². The maximum atomic E-state index is 11.2. The largest absolute Gasteiger partial charge is 0.350 e. The van der Waals surface area contributed by atoms with Gasteiger partial charge in [0.1, 0.15) is 6.26 Å². The highest BCUT2D eigenvalue weighted by molar-refractivity contribution is 5.71. The van der Waals surface area contributed by atoms with E-state index in [1.54, 1.807) is 24.3 Å². The quantitative estimate of drug-likeness (QED) is 0.674. The number of allylic oxidation sites excluding steroid dienone is 12. The van der Waals surface area contributed by atoms with E-state index in [2.05, 4.69) is 10.6 Å². The fourth-order valence-corrected chi connectivity index (χ4v) is 1.23. The highest BCUT2D eigenvalue weighted by Crippen LogP contribution is 1.89. The van der Waals surface area contributed by atoms with Crippen LogP contribution in [0.1, 0.15) is 0 Å². The number of nitrogens with zero attached hydrogens (tertiary/aromatic N) is 1. The summed E-state index contributed by atoms with van der Waals surface area (Å²) in [5.41, 5.74) is 7.47. The molecule has 0 aromatic heterocycles. The predicted octanol–water partition coefficient (Wildman–Crippen LogP) is 2.60. The average Bonchev–Trinajstić information content (AvgIpc) is 2.50. The molecule has 0 fully saturated rings. The van der Waals surface area contributed by atoms with Crippen molar-refractivity contribution in [3.8, 4) is 0 Å². The summed E-state index contributed by atoms with van der Waals surface area (Å²) in [7, 11) is 0. The lowest BCUT2D eigenvalue weighted by Crippen LogP contribution is -2.45. The third kappa shape index (κ3) is 9.13. The Morgan fingerprint density at radius 1 is 0.864 bits per heavy atom. The first kappa shape index (κ1) is 17.2. The van der Waals surface area contributed by atoms with Crippen molar-refractivity contribution in [3.63, 3.8) is 0 Å². The lowest BCUT2D eigenvalue weighted by Gasteiger charge is -2.16. The van der Waals surface area contributed by atoms with Gasteiger partial charge in [-0.3, -0.25) is 0 Å². The van der Waals surface area contributed by atoms with Crippen LogP contribution in [0, 0.1) is 0 Å². The molecule has 0 aromatic rings. The van der Waals surface area contributed by atoms with Crippen LogP contribution in [0.15, 0.2) is 85.3 Å². The van der Waals surface area contributed by atoms with Crippen LogP contribution < -0.4 is 11.3 Å². The van der Waals surface area contributed by atoms with E-state index in [1.165, 1.54) is 6.26 Å². The Bertz CT molecular complexity index is 529. The molecule has 116 valence electrons. The lowest BCUT2D eigenvalue weighted by atomic mass is 10.3. The molecule has 2 amide bonds. The van der Waals surface area contributed by atoms with Gasteiger partial charge in [0.25, 0.3) is 0 Å². The van der Waals surface area contributed by atoms with E-state index in [0.717, 1.165) is 5.01 Å². The summed E-state index contributed by atoms with van der Waals surface area (Å²) < 4.78 is 0. The first-order chi connectivity index (χ1) is 10.8. The van der Waals surface area contributed by atoms with Crippen molar-refractivity contribution in [2.75, 3.05) is 6.54 Å². The molecule has 0 aliphatic carbocycles. The van der Waals surface area contributed by atoms with Crippen molar-refractivity contribution in [1.29, 1.82) is 0 Å². The van der Waals surface area contributed by atoms with E-state index in [1.807, 2.05) is 54.7 Å². The molecule has 0 unspecified atom stereocenters. The van der Waals surface area contributed by atoms with Gasteiger partial charge >= 0.3 is 6.03 Å². The molecule has 1 heterocycles. The van der Waals surface area contributed by atoms with Crippen LogP contribution >= 0.6 is 0 Å². The molecule has 6 heteroatoms. The molecular weight excluding hydrogens is 282 g/mol. The minimum Gasteiger partial charge on any atom is -0.350 e. The molecule has 1 rings (SSSR count). The highest BCUT2D eigenvalue weighted by atomic mass is 17.3. The van der Waals surface area contributed by atoms with Gasteiger partial charge in [-0.25, -0.2) is 9.80 Å². The second-order valence-electron chi connectivity index (χ2n) is 3.90. The van der Waals surface area contributed by atoms with Crippen LogP contribution in [0.2, 0.25) is 0 Å². The zero-order valence-corrected chi connectivity index (χ0v) is 12.0. The average molecular weight is 301 g/mol. The number of carbonyl (C=O) groups is 1. The maximum absolute atomic E-state index is 11.2. The van der Waals surface area contributed by atoms with Crippen molar-refractivity contribution < 1.29 is 14.7 Å². The van der Waals surface area contributed by atoms with Crippen molar-refractivity contribution in [2.45, 2.75) is 0 Å². The monoisotopic (exact) mass is 301 g/mol. The Morgan fingerprint density at radius 3 is 1.91 bits per heavy atom. The Kier molecular flexibility index (Phi) is 9.36. The van der Waals surface area contributed by atoms with Crippen LogP contribution in [-0.4, -0.2) is 17.6 Å². The number of hydrogen-bond donors (Lipinski definition) is 2. The Morgan fingerprint density at radius 2 is 1.36 bits per heavy atom. The Hall–Kier alpha value is -2.83. The van der Waals surface area contributed by atoms with Gasteiger partial charge in [0.2, 0.25) is 0 Å². The lowest BCUT2D eigenvalue weighted by molar-refractivity contribution is -0.326. The first-order valence-corrected chi connectivity index (χ1v) is 6.60. The number of carbonyl (C=O) groups excluding carboxylic acids is 1. The van der Waals surface area contributed by atoms with E-state index >= 15 is 0 Å². The molecule has 1 aliphatic heterocycles. The molecule has 0 bridgehead atoms. The normalized spacial score (nSPS) is 16.8.